The van der Waals surface area contributed by atoms with Crippen LogP contribution in [0.4, 0.5) is 0 Å². The van der Waals surface area contributed by atoms with Crippen molar-refractivity contribution in [2.75, 3.05) is 26.4 Å². The maximum Gasteiger partial charge on any atom is 0.0706 e. The molecule has 0 saturated carbocycles. The monoisotopic (exact) mass is 285 g/mol. The van der Waals surface area contributed by atoms with Crippen molar-refractivity contribution in [3.8, 4) is 0 Å². The van der Waals surface area contributed by atoms with E-state index in [2.05, 4.69) is 5.32 Å². The summed E-state index contributed by atoms with van der Waals surface area (Å²) in [5.41, 5.74) is 1.93. The van der Waals surface area contributed by atoms with Gasteiger partial charge in [-0.05, 0) is 17.7 Å². The summed E-state index contributed by atoms with van der Waals surface area (Å²) in [6, 6.07) is 5.55. The number of aliphatic hydroxyl groups is 1. The summed E-state index contributed by atoms with van der Waals surface area (Å²) < 4.78 is 24.8. The predicted molar refractivity (Wildman–Crippen MR) is 76.2 cm³/mol. The predicted octanol–water partition coefficient (Wildman–Crippen LogP) is 1.88. The van der Waals surface area contributed by atoms with Gasteiger partial charge in [0.25, 0.3) is 0 Å². The van der Waals surface area contributed by atoms with Gasteiger partial charge in [-0.3, -0.25) is 9.11 Å². The first-order valence-corrected chi connectivity index (χ1v) is 7.74. The van der Waals surface area contributed by atoms with E-state index in [0.717, 1.165) is 11.1 Å². The highest BCUT2D eigenvalue weighted by atomic mass is 32.3. The van der Waals surface area contributed by atoms with E-state index >= 15 is 0 Å². The SMILES string of the molecule is OCCOCCNCc1cccc2c1C=CS2(O)O. The number of fused-ring (bicyclic) bond motifs is 1. The molecule has 1 aromatic carbocycles. The molecule has 0 fully saturated rings. The second kappa shape index (κ2) is 6.51. The summed E-state index contributed by atoms with van der Waals surface area (Å²) in [6.07, 6.45) is 1.77. The highest BCUT2D eigenvalue weighted by molar-refractivity contribution is 8.27. The van der Waals surface area contributed by atoms with Crippen LogP contribution in [0.25, 0.3) is 6.08 Å². The number of hydrogen-bond donors (Lipinski definition) is 4. The van der Waals surface area contributed by atoms with Crippen LogP contribution in [0.15, 0.2) is 28.5 Å². The van der Waals surface area contributed by atoms with E-state index in [-0.39, 0.29) is 6.61 Å². The topological polar surface area (TPSA) is 82.0 Å². The lowest BCUT2D eigenvalue weighted by molar-refractivity contribution is 0.0938. The number of nitrogens with one attached hydrogen (secondary N) is 1. The zero-order valence-electron chi connectivity index (χ0n) is 10.6. The Balaban J connectivity index is 1.89. The molecule has 1 heterocycles. The van der Waals surface area contributed by atoms with Gasteiger partial charge in [-0.2, -0.15) is 0 Å². The maximum atomic E-state index is 9.83. The van der Waals surface area contributed by atoms with Gasteiger partial charge in [0.15, 0.2) is 0 Å². The van der Waals surface area contributed by atoms with E-state index in [1.807, 2.05) is 12.1 Å². The van der Waals surface area contributed by atoms with Crippen LogP contribution in [-0.2, 0) is 11.3 Å². The second-order valence-corrected chi connectivity index (χ2v) is 6.14. The first-order valence-electron chi connectivity index (χ1n) is 6.13. The van der Waals surface area contributed by atoms with E-state index < -0.39 is 10.6 Å². The molecule has 106 valence electrons. The molecule has 19 heavy (non-hydrogen) atoms. The Morgan fingerprint density at radius 2 is 2.05 bits per heavy atom. The van der Waals surface area contributed by atoms with Gasteiger partial charge in [0, 0.05) is 24.1 Å². The van der Waals surface area contributed by atoms with Crippen molar-refractivity contribution in [3.05, 3.63) is 34.7 Å². The summed E-state index contributed by atoms with van der Waals surface area (Å²) >= 11 is 0. The van der Waals surface area contributed by atoms with Crippen LogP contribution in [0.1, 0.15) is 11.1 Å². The number of benzene rings is 1. The van der Waals surface area contributed by atoms with Gasteiger partial charge in [0.05, 0.1) is 24.7 Å². The quantitative estimate of drug-likeness (QED) is 0.575. The number of aliphatic hydroxyl groups excluding tert-OH is 1. The second-order valence-electron chi connectivity index (χ2n) is 4.24. The highest BCUT2D eigenvalue weighted by Gasteiger charge is 2.22. The first kappa shape index (κ1) is 14.5. The molecule has 1 aliphatic heterocycles. The van der Waals surface area contributed by atoms with Crippen molar-refractivity contribution in [1.29, 1.82) is 0 Å². The Kier molecular flexibility index (Phi) is 4.98. The molecule has 0 spiro atoms. The molecule has 0 unspecified atom stereocenters. The van der Waals surface area contributed by atoms with Gasteiger partial charge < -0.3 is 15.2 Å². The van der Waals surface area contributed by atoms with Gasteiger partial charge in [0.1, 0.15) is 0 Å². The van der Waals surface area contributed by atoms with Crippen molar-refractivity contribution in [3.63, 3.8) is 0 Å². The third-order valence-corrected chi connectivity index (χ3v) is 4.40. The van der Waals surface area contributed by atoms with Crippen LogP contribution >= 0.6 is 10.6 Å². The number of ether oxygens (including phenoxy) is 1. The molecule has 0 atom stereocenters. The fourth-order valence-electron chi connectivity index (χ4n) is 1.96. The molecule has 0 radical (unpaired) electrons. The van der Waals surface area contributed by atoms with Crippen LogP contribution in [0.5, 0.6) is 0 Å². The molecular weight excluding hydrogens is 266 g/mol. The van der Waals surface area contributed by atoms with Gasteiger partial charge in [-0.1, -0.05) is 12.1 Å². The molecule has 0 saturated heterocycles. The van der Waals surface area contributed by atoms with E-state index in [0.29, 0.717) is 31.2 Å². The number of rotatable bonds is 7. The van der Waals surface area contributed by atoms with Gasteiger partial charge >= 0.3 is 0 Å². The third-order valence-electron chi connectivity index (χ3n) is 2.88. The van der Waals surface area contributed by atoms with E-state index in [9.17, 15) is 9.11 Å². The summed E-state index contributed by atoms with van der Waals surface area (Å²) in [5, 5.41) is 13.2. The fourth-order valence-corrected chi connectivity index (χ4v) is 3.24. The minimum absolute atomic E-state index is 0.0366. The summed E-state index contributed by atoms with van der Waals surface area (Å²) in [6.45, 7) is 2.26. The molecule has 1 aliphatic rings. The van der Waals surface area contributed by atoms with Crippen LogP contribution in [0.2, 0.25) is 0 Å². The van der Waals surface area contributed by atoms with Crippen molar-refractivity contribution in [1.82, 2.24) is 5.32 Å². The summed E-state index contributed by atoms with van der Waals surface area (Å²) in [4.78, 5) is 0.600. The van der Waals surface area contributed by atoms with Crippen molar-refractivity contribution in [2.24, 2.45) is 0 Å². The lowest BCUT2D eigenvalue weighted by atomic mass is 10.1. The fraction of sp³-hybridized carbons (Fsp3) is 0.385. The largest absolute Gasteiger partial charge is 0.394 e. The van der Waals surface area contributed by atoms with E-state index in [1.54, 1.807) is 12.1 Å². The van der Waals surface area contributed by atoms with Crippen LogP contribution < -0.4 is 5.32 Å². The van der Waals surface area contributed by atoms with Crippen LogP contribution in [0.3, 0.4) is 0 Å². The molecule has 2 rings (SSSR count). The number of hydrogen-bond acceptors (Lipinski definition) is 5. The maximum absolute atomic E-state index is 9.83. The van der Waals surface area contributed by atoms with Crippen molar-refractivity contribution < 1.29 is 18.9 Å². The normalized spacial score (nSPS) is 17.4. The Labute approximate surface area is 114 Å². The minimum Gasteiger partial charge on any atom is -0.394 e. The smallest absolute Gasteiger partial charge is 0.0706 e. The average molecular weight is 285 g/mol. The first-order chi connectivity index (χ1) is 9.15. The molecule has 0 aliphatic carbocycles. The molecule has 5 nitrogen and oxygen atoms in total. The van der Waals surface area contributed by atoms with Gasteiger partial charge in [0.2, 0.25) is 0 Å². The Morgan fingerprint density at radius 1 is 1.21 bits per heavy atom. The summed E-state index contributed by atoms with van der Waals surface area (Å²) in [7, 11) is -2.73. The molecule has 4 N–H and O–H groups in total. The standard InChI is InChI=1S/C13H19NO4S/c15-6-8-18-7-5-14-10-11-2-1-3-13-12(11)4-9-19(13,16)17/h1-4,9,14-17H,5-8,10H2. The Morgan fingerprint density at radius 3 is 2.84 bits per heavy atom. The molecule has 0 aromatic heterocycles. The van der Waals surface area contributed by atoms with Gasteiger partial charge in [-0.15, -0.1) is 10.6 Å². The minimum atomic E-state index is -2.73. The molecule has 0 amide bonds. The molecule has 0 bridgehead atoms. The average Bonchev–Trinajstić information content (AvgIpc) is 2.71. The molecular formula is C13H19NO4S. The zero-order chi connectivity index (χ0) is 13.7. The van der Waals surface area contributed by atoms with E-state index in [1.165, 1.54) is 5.41 Å². The van der Waals surface area contributed by atoms with Gasteiger partial charge in [-0.25, -0.2) is 0 Å². The van der Waals surface area contributed by atoms with Crippen molar-refractivity contribution >= 4 is 16.7 Å². The van der Waals surface area contributed by atoms with Crippen molar-refractivity contribution in [2.45, 2.75) is 11.4 Å². The van der Waals surface area contributed by atoms with Crippen LogP contribution in [0, 0.1) is 0 Å². The Hall–Kier alpha value is -0.890. The summed E-state index contributed by atoms with van der Waals surface area (Å²) in [5.74, 6) is 0. The Bertz CT molecular complexity index is 462. The van der Waals surface area contributed by atoms with E-state index in [4.69, 9.17) is 9.84 Å². The zero-order valence-corrected chi connectivity index (χ0v) is 11.4. The molecule has 6 heteroatoms. The lowest BCUT2D eigenvalue weighted by Gasteiger charge is -2.25. The molecule has 1 aromatic rings. The lowest BCUT2D eigenvalue weighted by Crippen LogP contribution is -2.20. The third kappa shape index (κ3) is 3.56. The van der Waals surface area contributed by atoms with Crippen LogP contribution in [-0.4, -0.2) is 40.6 Å². The highest BCUT2D eigenvalue weighted by Crippen LogP contribution is 2.56.